The molecule has 0 fully saturated rings. The summed E-state index contributed by atoms with van der Waals surface area (Å²) < 4.78 is 25.4. The zero-order valence-electron chi connectivity index (χ0n) is 13.9. The molecule has 0 spiro atoms. The molecule has 1 unspecified atom stereocenters. The number of amides is 1. The van der Waals surface area contributed by atoms with Crippen LogP contribution in [0.3, 0.4) is 0 Å². The lowest BCUT2D eigenvalue weighted by molar-refractivity contribution is -0.114. The zero-order valence-corrected chi connectivity index (χ0v) is 14.7. The smallest absolute Gasteiger partial charge is 0.247 e. The van der Waals surface area contributed by atoms with E-state index in [-0.39, 0.29) is 5.91 Å². The van der Waals surface area contributed by atoms with E-state index in [9.17, 15) is 13.2 Å². The molecule has 0 bridgehead atoms. The molecule has 1 aromatic heterocycles. The Hall–Kier alpha value is -2.74. The Kier molecular flexibility index (Phi) is 4.54. The van der Waals surface area contributed by atoms with Crippen molar-refractivity contribution in [2.24, 2.45) is 5.10 Å². The number of anilines is 1. The molecule has 130 valence electrons. The van der Waals surface area contributed by atoms with Gasteiger partial charge in [-0.1, -0.05) is 18.2 Å². The lowest BCUT2D eigenvalue weighted by Crippen LogP contribution is -2.25. The minimum atomic E-state index is -3.50. The van der Waals surface area contributed by atoms with Gasteiger partial charge in [0.15, 0.2) is 0 Å². The number of rotatable bonds is 4. The van der Waals surface area contributed by atoms with Gasteiger partial charge in [-0.05, 0) is 29.3 Å². The fourth-order valence-electron chi connectivity index (χ4n) is 2.74. The molecular weight excluding hydrogens is 340 g/mol. The Labute approximate surface area is 146 Å². The number of benzene rings is 1. The standard InChI is InChI=1S/C17H18N4O3S/c1-12(22)19-15-7-5-13(6-8-15)16-10-17(14-4-3-9-18-11-14)21(20-16)25(2,23)24/h3-9,11,17H,10H2,1-2H3,(H,19,22). The highest BCUT2D eigenvalue weighted by molar-refractivity contribution is 7.88. The fraction of sp³-hybridized carbons (Fsp3) is 0.235. The van der Waals surface area contributed by atoms with E-state index in [0.29, 0.717) is 17.8 Å². The molecule has 1 atom stereocenters. The Morgan fingerprint density at radius 1 is 1.24 bits per heavy atom. The summed E-state index contributed by atoms with van der Waals surface area (Å²) in [6, 6.07) is 10.4. The van der Waals surface area contributed by atoms with Crippen LogP contribution in [-0.2, 0) is 14.8 Å². The summed E-state index contributed by atoms with van der Waals surface area (Å²) in [6.07, 6.45) is 4.90. The summed E-state index contributed by atoms with van der Waals surface area (Å²) in [6.45, 7) is 1.44. The summed E-state index contributed by atoms with van der Waals surface area (Å²) in [5.74, 6) is -0.147. The quantitative estimate of drug-likeness (QED) is 0.906. The molecule has 2 heterocycles. The molecule has 1 N–H and O–H groups in total. The van der Waals surface area contributed by atoms with Crippen LogP contribution in [0.2, 0.25) is 0 Å². The van der Waals surface area contributed by atoms with Crippen molar-refractivity contribution in [1.29, 1.82) is 0 Å². The molecule has 0 saturated carbocycles. The fourth-order valence-corrected chi connectivity index (χ4v) is 3.64. The average Bonchev–Trinajstić information content (AvgIpc) is 3.01. The molecule has 3 rings (SSSR count). The third-order valence-electron chi connectivity index (χ3n) is 3.82. The van der Waals surface area contributed by atoms with Gasteiger partial charge >= 0.3 is 0 Å². The molecule has 1 aliphatic rings. The SMILES string of the molecule is CC(=O)Nc1ccc(C2=NN(S(C)(=O)=O)C(c3cccnc3)C2)cc1. The second-order valence-corrected chi connectivity index (χ2v) is 7.69. The first-order valence-electron chi connectivity index (χ1n) is 7.69. The van der Waals surface area contributed by atoms with Crippen LogP contribution in [0, 0.1) is 0 Å². The van der Waals surface area contributed by atoms with Gasteiger partial charge in [-0.25, -0.2) is 8.42 Å². The highest BCUT2D eigenvalue weighted by Gasteiger charge is 2.34. The predicted molar refractivity (Wildman–Crippen MR) is 95.6 cm³/mol. The maximum atomic E-state index is 12.1. The molecule has 8 heteroatoms. The minimum Gasteiger partial charge on any atom is -0.326 e. The number of hydrogen-bond acceptors (Lipinski definition) is 5. The van der Waals surface area contributed by atoms with Gasteiger partial charge in [-0.2, -0.15) is 9.52 Å². The maximum absolute atomic E-state index is 12.1. The third-order valence-corrected chi connectivity index (χ3v) is 4.84. The van der Waals surface area contributed by atoms with Crippen LogP contribution in [0.5, 0.6) is 0 Å². The van der Waals surface area contributed by atoms with Crippen molar-refractivity contribution in [3.05, 3.63) is 59.9 Å². The summed E-state index contributed by atoms with van der Waals surface area (Å²) in [7, 11) is -3.50. The number of carbonyl (C=O) groups excluding carboxylic acids is 1. The van der Waals surface area contributed by atoms with Gasteiger partial charge in [0, 0.05) is 31.4 Å². The first-order valence-corrected chi connectivity index (χ1v) is 9.54. The molecule has 25 heavy (non-hydrogen) atoms. The Bertz CT molecular complexity index is 909. The predicted octanol–water partition coefficient (Wildman–Crippen LogP) is 2.15. The first-order chi connectivity index (χ1) is 11.8. The van der Waals surface area contributed by atoms with Crippen LogP contribution < -0.4 is 5.32 Å². The van der Waals surface area contributed by atoms with E-state index in [2.05, 4.69) is 15.4 Å². The lowest BCUT2D eigenvalue weighted by Gasteiger charge is -2.20. The van der Waals surface area contributed by atoms with Crippen molar-refractivity contribution < 1.29 is 13.2 Å². The minimum absolute atomic E-state index is 0.147. The van der Waals surface area contributed by atoms with Gasteiger partial charge in [-0.3, -0.25) is 9.78 Å². The number of nitrogens with one attached hydrogen (secondary N) is 1. The van der Waals surface area contributed by atoms with Crippen LogP contribution in [0.25, 0.3) is 0 Å². The van der Waals surface area contributed by atoms with Crippen LogP contribution in [0.1, 0.15) is 30.5 Å². The Morgan fingerprint density at radius 2 is 1.96 bits per heavy atom. The summed E-state index contributed by atoms with van der Waals surface area (Å²) in [5.41, 5.74) is 2.96. The molecule has 0 radical (unpaired) electrons. The number of hydrogen-bond donors (Lipinski definition) is 1. The van der Waals surface area contributed by atoms with Crippen LogP contribution >= 0.6 is 0 Å². The average molecular weight is 358 g/mol. The maximum Gasteiger partial charge on any atom is 0.247 e. The van der Waals surface area contributed by atoms with Crippen molar-refractivity contribution in [3.63, 3.8) is 0 Å². The van der Waals surface area contributed by atoms with Crippen molar-refractivity contribution in [1.82, 2.24) is 9.40 Å². The number of nitrogens with zero attached hydrogens (tertiary/aromatic N) is 3. The van der Waals surface area contributed by atoms with E-state index < -0.39 is 16.1 Å². The molecule has 1 aliphatic heterocycles. The molecule has 2 aromatic rings. The monoisotopic (exact) mass is 358 g/mol. The van der Waals surface area contributed by atoms with E-state index in [1.807, 2.05) is 18.2 Å². The Morgan fingerprint density at radius 3 is 2.52 bits per heavy atom. The third kappa shape index (κ3) is 3.85. The summed E-state index contributed by atoms with van der Waals surface area (Å²) in [5, 5.41) is 7.02. The van der Waals surface area contributed by atoms with Crippen LogP contribution in [-0.4, -0.2) is 35.7 Å². The molecule has 7 nitrogen and oxygen atoms in total. The largest absolute Gasteiger partial charge is 0.326 e. The van der Waals surface area contributed by atoms with E-state index in [1.165, 1.54) is 6.92 Å². The second kappa shape index (κ2) is 6.64. The second-order valence-electron chi connectivity index (χ2n) is 5.85. The van der Waals surface area contributed by atoms with Crippen molar-refractivity contribution in [2.75, 3.05) is 11.6 Å². The summed E-state index contributed by atoms with van der Waals surface area (Å²) >= 11 is 0. The van der Waals surface area contributed by atoms with Crippen molar-refractivity contribution in [2.45, 2.75) is 19.4 Å². The molecule has 0 saturated heterocycles. The van der Waals surface area contributed by atoms with Gasteiger partial charge in [0.2, 0.25) is 15.9 Å². The van der Waals surface area contributed by atoms with Crippen molar-refractivity contribution in [3.8, 4) is 0 Å². The number of carbonyl (C=O) groups is 1. The Balaban J connectivity index is 1.91. The summed E-state index contributed by atoms with van der Waals surface area (Å²) in [4.78, 5) is 15.2. The molecule has 1 amide bonds. The van der Waals surface area contributed by atoms with E-state index >= 15 is 0 Å². The van der Waals surface area contributed by atoms with E-state index in [4.69, 9.17) is 0 Å². The van der Waals surface area contributed by atoms with Crippen molar-refractivity contribution >= 4 is 27.3 Å². The normalized spacial score (nSPS) is 17.3. The topological polar surface area (TPSA) is 91.7 Å². The molecular formula is C17H18N4O3S. The highest BCUT2D eigenvalue weighted by atomic mass is 32.2. The van der Waals surface area contributed by atoms with Gasteiger partial charge in [0.25, 0.3) is 0 Å². The van der Waals surface area contributed by atoms with Gasteiger partial charge in [-0.15, -0.1) is 0 Å². The molecule has 1 aromatic carbocycles. The van der Waals surface area contributed by atoms with Crippen LogP contribution in [0.4, 0.5) is 5.69 Å². The van der Waals surface area contributed by atoms with Gasteiger partial charge < -0.3 is 5.32 Å². The van der Waals surface area contributed by atoms with Gasteiger partial charge in [0.1, 0.15) is 0 Å². The van der Waals surface area contributed by atoms with Gasteiger partial charge in [0.05, 0.1) is 18.0 Å². The first kappa shape index (κ1) is 17.1. The number of aromatic nitrogens is 1. The molecule has 0 aliphatic carbocycles. The highest BCUT2D eigenvalue weighted by Crippen LogP contribution is 2.34. The zero-order chi connectivity index (χ0) is 18.0. The lowest BCUT2D eigenvalue weighted by atomic mass is 10.0. The van der Waals surface area contributed by atoms with E-state index in [1.54, 1.807) is 30.6 Å². The van der Waals surface area contributed by atoms with Crippen LogP contribution in [0.15, 0.2) is 53.9 Å². The number of pyridine rings is 1. The number of sulfonamides is 1. The number of hydrazone groups is 1. The van der Waals surface area contributed by atoms with E-state index in [0.717, 1.165) is 21.8 Å².